The van der Waals surface area contributed by atoms with Gasteiger partial charge in [-0.2, -0.15) is 4.98 Å². The van der Waals surface area contributed by atoms with Crippen molar-refractivity contribution in [3.8, 4) is 0 Å². The van der Waals surface area contributed by atoms with E-state index in [1.54, 1.807) is 72.8 Å². The number of carbonyl (C=O) groups excluding carboxylic acids is 5. The molecule has 7 rings (SSSR count). The van der Waals surface area contributed by atoms with Crippen molar-refractivity contribution in [3.05, 3.63) is 101 Å². The van der Waals surface area contributed by atoms with E-state index in [-0.39, 0.29) is 79.1 Å². The number of unbranched alkanes of at least 4 members (excludes halogenated alkanes) is 1. The van der Waals surface area contributed by atoms with Crippen LogP contribution < -0.4 is 43.2 Å². The number of nitrogens with one attached hydrogen (secondary N) is 7. The number of carbonyl (C=O) groups is 5. The zero-order chi connectivity index (χ0) is 65.6. The molecule has 2 saturated heterocycles. The smallest absolute Gasteiger partial charge is 0.280 e. The number of H-pyrrole nitrogens is 1. The molecule has 502 valence electrons. The second-order valence-corrected chi connectivity index (χ2v) is 23.9. The quantitative estimate of drug-likeness (QED) is 0.0319. The van der Waals surface area contributed by atoms with Crippen LogP contribution in [0.2, 0.25) is 0 Å². The van der Waals surface area contributed by atoms with Gasteiger partial charge in [-0.05, 0) is 131 Å². The summed E-state index contributed by atoms with van der Waals surface area (Å²) in [5.41, 5.74) is 9.48. The van der Waals surface area contributed by atoms with Crippen LogP contribution in [0, 0.1) is 0 Å². The number of nitrogen functional groups attached to an aromatic ring is 1. The molecule has 0 radical (unpaired) electrons. The van der Waals surface area contributed by atoms with Crippen molar-refractivity contribution in [1.29, 1.82) is 0 Å². The number of nitrogens with two attached hydrogens (primary N) is 1. The second-order valence-electron chi connectivity index (χ2n) is 23.9. The Morgan fingerprint density at radius 3 is 1.24 bits per heavy atom. The summed E-state index contributed by atoms with van der Waals surface area (Å²) < 4.78 is 0. The first kappa shape index (κ1) is 71.9. The highest BCUT2D eigenvalue weighted by atomic mass is 16.2. The van der Waals surface area contributed by atoms with Crippen LogP contribution in [-0.2, 0) is 25.7 Å². The predicted octanol–water partition coefficient (Wildman–Crippen LogP) is 5.06. The van der Waals surface area contributed by atoms with E-state index in [1.165, 1.54) is 6.20 Å². The Labute approximate surface area is 544 Å². The normalized spacial score (nSPS) is 16.9. The largest absolute Gasteiger partial charge is 0.379 e. The van der Waals surface area contributed by atoms with Gasteiger partial charge in [0.15, 0.2) is 11.2 Å². The molecule has 2 aliphatic heterocycles. The molecule has 0 aliphatic carbocycles. The fourth-order valence-electron chi connectivity index (χ4n) is 11.4. The maximum absolute atomic E-state index is 13.8. The van der Waals surface area contributed by atoms with Crippen molar-refractivity contribution in [1.82, 2.24) is 64.5 Å². The fraction of sp³-hybridized carbons (Fsp3) is 0.567. The number of hydrogen-bond donors (Lipinski definition) is 8. The van der Waals surface area contributed by atoms with E-state index in [9.17, 15) is 28.8 Å². The minimum absolute atomic E-state index is 0.0441. The van der Waals surface area contributed by atoms with Crippen molar-refractivity contribution in [2.45, 2.75) is 92.7 Å². The average Bonchev–Trinajstić information content (AvgIpc) is 0.962. The van der Waals surface area contributed by atoms with Crippen LogP contribution in [0.3, 0.4) is 0 Å². The van der Waals surface area contributed by atoms with Crippen LogP contribution in [0.1, 0.15) is 96.1 Å². The van der Waals surface area contributed by atoms with Gasteiger partial charge >= 0.3 is 0 Å². The summed E-state index contributed by atoms with van der Waals surface area (Å²) in [6.45, 7) is 35.0. The number of aromatic nitrogens is 4. The van der Waals surface area contributed by atoms with Crippen molar-refractivity contribution in [2.24, 2.45) is 0 Å². The van der Waals surface area contributed by atoms with Crippen molar-refractivity contribution < 1.29 is 24.0 Å². The molecule has 1 atom stereocenters. The van der Waals surface area contributed by atoms with E-state index in [0.717, 1.165) is 144 Å². The first-order valence-electron chi connectivity index (χ1n) is 33.5. The van der Waals surface area contributed by atoms with Gasteiger partial charge in [-0.1, -0.05) is 48.0 Å². The number of aromatic amines is 1. The Morgan fingerprint density at radius 1 is 0.467 bits per heavy atom. The molecule has 9 N–H and O–H groups in total. The number of rotatable bonds is 27. The number of amides is 5. The molecule has 92 heavy (non-hydrogen) atoms. The Kier molecular flexibility index (Phi) is 30.1. The van der Waals surface area contributed by atoms with E-state index in [1.807, 2.05) is 0 Å². The van der Waals surface area contributed by atoms with Gasteiger partial charge in [-0.3, -0.25) is 43.6 Å². The monoisotopic (exact) mass is 1270 g/mol. The standard InChI is InChI=1S/C67H103N19O6/c1-7-79-31-35-81(9-3)39-43-85(44-40-82(10-4)36-32-79)49-61(89)73-56-25-21-54(22-26-56)71-59(87)16-14-13-15-53(76-65(91)51-17-19-52(20-18-51)69-47-58-48-70-64-63(75-58)66(92)78-67(68)77-64)29-30-60(88)72-55-23-27-57(28-24-55)74-62(90)50-86-45-41-83(11-5)37-33-80(8-2)34-38-84(12-6)42-46-86/h17-28,48,53,69H,7-16,29-47,49-50H2,1-6H3,(H,71,87)(H,72,88)(H,73,89)(H,74,90)(H,76,91)(H3,68,70,77,78,92). The molecule has 0 bridgehead atoms. The number of likely N-dealkylation sites (N-methyl/N-ethyl adjacent to an activating group) is 6. The summed E-state index contributed by atoms with van der Waals surface area (Å²) in [5, 5.41) is 18.5. The van der Waals surface area contributed by atoms with E-state index < -0.39 is 11.6 Å². The lowest BCUT2D eigenvalue weighted by molar-refractivity contribution is -0.118. The molecule has 2 aliphatic rings. The molecule has 2 fully saturated rings. The van der Waals surface area contributed by atoms with Crippen LogP contribution in [0.15, 0.2) is 83.8 Å². The third kappa shape index (κ3) is 24.9. The van der Waals surface area contributed by atoms with E-state index >= 15 is 0 Å². The lowest BCUT2D eigenvalue weighted by Gasteiger charge is -2.33. The average molecular weight is 1270 g/mol. The molecule has 3 aromatic carbocycles. The molecule has 25 nitrogen and oxygen atoms in total. The molecule has 25 heteroatoms. The van der Waals surface area contributed by atoms with E-state index in [0.29, 0.717) is 65.4 Å². The SMILES string of the molecule is CCN1CCN(CC)CCN(CC(=O)Nc2ccc(NC(=O)CCCCC(CCC(=O)Nc3ccc(NC(=O)CN4CCN(CC)CCN(CC)CCN(CC)CC4)cc3)NC(=O)c3ccc(NCc4cnc5nc(N)[nH]c(=O)c5n4)cc3)cc2)CCN(CC)CC1. The third-order valence-electron chi connectivity index (χ3n) is 17.6. The number of hydrogen-bond acceptors (Lipinski definition) is 19. The summed E-state index contributed by atoms with van der Waals surface area (Å²) in [5.74, 6) is -0.927. The summed E-state index contributed by atoms with van der Waals surface area (Å²) >= 11 is 0. The highest BCUT2D eigenvalue weighted by Crippen LogP contribution is 2.19. The molecule has 0 saturated carbocycles. The molecular formula is C67H103N19O6. The zero-order valence-electron chi connectivity index (χ0n) is 55.4. The summed E-state index contributed by atoms with van der Waals surface area (Å²) in [6.07, 6.45) is 3.84. The van der Waals surface area contributed by atoms with Crippen LogP contribution >= 0.6 is 0 Å². The maximum atomic E-state index is 13.8. The number of benzene rings is 3. The molecule has 4 heterocycles. The van der Waals surface area contributed by atoms with Gasteiger partial charge < -0.3 is 67.0 Å². The van der Waals surface area contributed by atoms with E-state index in [4.69, 9.17) is 5.73 Å². The highest BCUT2D eigenvalue weighted by Gasteiger charge is 2.22. The van der Waals surface area contributed by atoms with Crippen LogP contribution in [-0.4, -0.2) is 252 Å². The van der Waals surface area contributed by atoms with Crippen molar-refractivity contribution in [2.75, 3.05) is 189 Å². The fourth-order valence-corrected chi connectivity index (χ4v) is 11.4. The lowest BCUT2D eigenvalue weighted by Crippen LogP contribution is -2.47. The number of fused-ring (bicyclic) bond motifs is 1. The third-order valence-corrected chi connectivity index (χ3v) is 17.6. The van der Waals surface area contributed by atoms with Gasteiger partial charge in [0.2, 0.25) is 29.6 Å². The first-order chi connectivity index (χ1) is 44.6. The van der Waals surface area contributed by atoms with Crippen LogP contribution in [0.25, 0.3) is 11.2 Å². The van der Waals surface area contributed by atoms with Crippen LogP contribution in [0.4, 0.5) is 34.4 Å². The summed E-state index contributed by atoms with van der Waals surface area (Å²) in [7, 11) is 0. The van der Waals surface area contributed by atoms with Crippen molar-refractivity contribution >= 4 is 75.1 Å². The molecular weight excluding hydrogens is 1170 g/mol. The Balaban J connectivity index is 0.899. The number of nitrogens with zero attached hydrogens (tertiary/aromatic N) is 11. The second kappa shape index (κ2) is 38.5. The highest BCUT2D eigenvalue weighted by molar-refractivity contribution is 5.96. The summed E-state index contributed by atoms with van der Waals surface area (Å²) in [6, 6.07) is 20.8. The Morgan fingerprint density at radius 2 is 0.837 bits per heavy atom. The Bertz CT molecular complexity index is 3090. The molecule has 1 unspecified atom stereocenters. The maximum Gasteiger partial charge on any atom is 0.280 e. The molecule has 5 aromatic rings. The predicted molar refractivity (Wildman–Crippen MR) is 368 cm³/mol. The topological polar surface area (TPSA) is 281 Å². The first-order valence-corrected chi connectivity index (χ1v) is 33.5. The van der Waals surface area contributed by atoms with Crippen LogP contribution in [0.5, 0.6) is 0 Å². The van der Waals surface area contributed by atoms with Gasteiger partial charge in [0.25, 0.3) is 11.5 Å². The van der Waals surface area contributed by atoms with E-state index in [2.05, 4.69) is 133 Å². The van der Waals surface area contributed by atoms with Gasteiger partial charge in [-0.15, -0.1) is 0 Å². The summed E-state index contributed by atoms with van der Waals surface area (Å²) in [4.78, 5) is 114. The van der Waals surface area contributed by atoms with Gasteiger partial charge in [0.1, 0.15) is 0 Å². The zero-order valence-corrected chi connectivity index (χ0v) is 55.4. The molecule has 0 spiro atoms. The van der Waals surface area contributed by atoms with Gasteiger partial charge in [-0.25, -0.2) is 9.97 Å². The Hall–Kier alpha value is -7.49. The van der Waals surface area contributed by atoms with Crippen molar-refractivity contribution in [3.63, 3.8) is 0 Å². The minimum Gasteiger partial charge on any atom is -0.379 e. The number of anilines is 6. The molecule has 5 amide bonds. The lowest BCUT2D eigenvalue weighted by atomic mass is 10.0. The molecule has 2 aromatic heterocycles. The van der Waals surface area contributed by atoms with Gasteiger partial charge in [0.05, 0.1) is 31.5 Å². The minimum atomic E-state index is -0.486. The van der Waals surface area contributed by atoms with Gasteiger partial charge in [0, 0.05) is 158 Å².